The summed E-state index contributed by atoms with van der Waals surface area (Å²) in [6.07, 6.45) is 0.842. The Hall–Kier alpha value is -4.39. The van der Waals surface area contributed by atoms with Crippen molar-refractivity contribution in [2.24, 2.45) is 10.9 Å². The molecule has 1 aliphatic heterocycles. The van der Waals surface area contributed by atoms with Crippen LogP contribution >= 0.6 is 0 Å². The zero-order chi connectivity index (χ0) is 25.9. The van der Waals surface area contributed by atoms with Gasteiger partial charge in [-0.1, -0.05) is 72.8 Å². The molecule has 3 atom stereocenters. The highest BCUT2D eigenvalue weighted by Crippen LogP contribution is 2.47. The number of carbonyl (C=O) groups is 2. The minimum atomic E-state index is -0.860. The molecule has 186 valence electrons. The summed E-state index contributed by atoms with van der Waals surface area (Å²) in [5, 5.41) is 11.5. The fraction of sp³-hybridized carbons (Fsp3) is 0.233. The van der Waals surface area contributed by atoms with E-state index < -0.39 is 22.7 Å². The number of allylic oxidation sites excluding steroid dienone is 2. The molecule has 0 bridgehead atoms. The van der Waals surface area contributed by atoms with E-state index in [4.69, 9.17) is 9.73 Å². The molecule has 3 aromatic carbocycles. The Bertz CT molecular complexity index is 1410. The number of ether oxygens (including phenoxy) is 1. The van der Waals surface area contributed by atoms with Crippen LogP contribution in [0, 0.1) is 16.0 Å². The third kappa shape index (κ3) is 4.98. The zero-order valence-electron chi connectivity index (χ0n) is 20.4. The molecule has 0 amide bonds. The van der Waals surface area contributed by atoms with E-state index >= 15 is 0 Å². The smallest absolute Gasteiger partial charge is 0.315 e. The second kappa shape index (κ2) is 10.3. The molecule has 7 heteroatoms. The number of hydrogen-bond donors (Lipinski definition) is 0. The summed E-state index contributed by atoms with van der Waals surface area (Å²) < 4.78 is 5.69. The van der Waals surface area contributed by atoms with Gasteiger partial charge in [0.15, 0.2) is 5.78 Å². The third-order valence-corrected chi connectivity index (χ3v) is 7.08. The molecule has 0 N–H and O–H groups in total. The van der Waals surface area contributed by atoms with Crippen molar-refractivity contribution in [2.45, 2.75) is 38.2 Å². The molecular formula is C30H26N2O5. The summed E-state index contributed by atoms with van der Waals surface area (Å²) in [6, 6.07) is 25.3. The molecule has 0 spiro atoms. The number of aliphatic imine (C=N–C) groups is 1. The standard InChI is InChI=1S/C30H26N2O5/c1-19-27(30(34)37-18-20-9-4-2-5-10-20)28(22-13-8-14-24(15-22)32(35)36)29-25(31-19)16-23(17-26(29)33)21-11-6-3-7-12-21/h2-15,23,27-28H,16-18H2,1H3/t23-,27?,28-/m0/s1. The Morgan fingerprint density at radius 1 is 0.973 bits per heavy atom. The van der Waals surface area contributed by atoms with E-state index in [1.807, 2.05) is 60.7 Å². The lowest BCUT2D eigenvalue weighted by molar-refractivity contribution is -0.384. The minimum absolute atomic E-state index is 0.0173. The van der Waals surface area contributed by atoms with Crippen LogP contribution in [0.5, 0.6) is 0 Å². The molecule has 1 aliphatic carbocycles. The maximum Gasteiger partial charge on any atom is 0.315 e. The van der Waals surface area contributed by atoms with Crippen LogP contribution in [0.4, 0.5) is 5.69 Å². The summed E-state index contributed by atoms with van der Waals surface area (Å²) in [6.45, 7) is 1.85. The average Bonchev–Trinajstić information content (AvgIpc) is 2.92. The Labute approximate surface area is 214 Å². The lowest BCUT2D eigenvalue weighted by atomic mass is 9.69. The maximum atomic E-state index is 13.7. The van der Waals surface area contributed by atoms with E-state index in [-0.39, 0.29) is 30.4 Å². The molecule has 37 heavy (non-hydrogen) atoms. The minimum Gasteiger partial charge on any atom is -0.460 e. The van der Waals surface area contributed by atoms with Gasteiger partial charge in [0, 0.05) is 41.5 Å². The SMILES string of the molecule is CC1=NC2=C(C(=O)C[C@@H](c3ccccc3)C2)[C@@H](c2cccc([N+](=O)[O-])c2)C1C(=O)OCc1ccccc1. The third-order valence-electron chi connectivity index (χ3n) is 7.08. The second-order valence-electron chi connectivity index (χ2n) is 9.45. The van der Waals surface area contributed by atoms with Gasteiger partial charge < -0.3 is 4.74 Å². The molecule has 0 radical (unpaired) electrons. The van der Waals surface area contributed by atoms with Gasteiger partial charge in [0.05, 0.1) is 4.92 Å². The first-order valence-electron chi connectivity index (χ1n) is 12.2. The number of carbonyl (C=O) groups excluding carboxylic acids is 2. The van der Waals surface area contributed by atoms with Gasteiger partial charge in [0.1, 0.15) is 12.5 Å². The molecular weight excluding hydrogens is 468 g/mol. The van der Waals surface area contributed by atoms with Gasteiger partial charge in [-0.15, -0.1) is 0 Å². The number of ketones is 1. The molecule has 5 rings (SSSR count). The first kappa shape index (κ1) is 24.3. The van der Waals surface area contributed by atoms with E-state index in [0.29, 0.717) is 29.0 Å². The summed E-state index contributed by atoms with van der Waals surface area (Å²) in [7, 11) is 0. The van der Waals surface area contributed by atoms with Crippen LogP contribution in [0.1, 0.15) is 48.3 Å². The van der Waals surface area contributed by atoms with Crippen LogP contribution in [0.2, 0.25) is 0 Å². The predicted octanol–water partition coefficient (Wildman–Crippen LogP) is 5.91. The van der Waals surface area contributed by atoms with Crippen LogP contribution < -0.4 is 0 Å². The number of nitro groups is 1. The van der Waals surface area contributed by atoms with Gasteiger partial charge in [-0.2, -0.15) is 0 Å². The van der Waals surface area contributed by atoms with Gasteiger partial charge in [-0.25, -0.2) is 0 Å². The zero-order valence-corrected chi connectivity index (χ0v) is 20.4. The van der Waals surface area contributed by atoms with E-state index in [1.165, 1.54) is 12.1 Å². The van der Waals surface area contributed by atoms with E-state index in [9.17, 15) is 19.7 Å². The fourth-order valence-electron chi connectivity index (χ4n) is 5.34. The van der Waals surface area contributed by atoms with Gasteiger partial charge in [-0.05, 0) is 36.0 Å². The number of Topliss-reactive ketones (excluding diaryl/α,β-unsaturated/α-hetero) is 1. The molecule has 2 aliphatic rings. The fourth-order valence-corrected chi connectivity index (χ4v) is 5.34. The summed E-state index contributed by atoms with van der Waals surface area (Å²) >= 11 is 0. The molecule has 0 aromatic heterocycles. The number of benzene rings is 3. The lowest BCUT2D eigenvalue weighted by Crippen LogP contribution is -2.38. The summed E-state index contributed by atoms with van der Waals surface area (Å²) in [5.41, 5.74) is 3.98. The number of non-ortho nitro benzene ring substituents is 1. The van der Waals surface area contributed by atoms with Crippen molar-refractivity contribution in [3.8, 4) is 0 Å². The van der Waals surface area contributed by atoms with E-state index in [2.05, 4.69) is 0 Å². The normalized spacial score (nSPS) is 21.2. The Kier molecular flexibility index (Phi) is 6.77. The largest absolute Gasteiger partial charge is 0.460 e. The first-order valence-corrected chi connectivity index (χ1v) is 12.2. The Morgan fingerprint density at radius 2 is 1.65 bits per heavy atom. The van der Waals surface area contributed by atoms with Gasteiger partial charge in [0.2, 0.25) is 0 Å². The van der Waals surface area contributed by atoms with Crippen LogP contribution in [0.15, 0.2) is 101 Å². The average molecular weight is 495 g/mol. The van der Waals surface area contributed by atoms with Crippen LogP contribution in [-0.4, -0.2) is 22.4 Å². The highest BCUT2D eigenvalue weighted by atomic mass is 16.6. The van der Waals surface area contributed by atoms with Crippen molar-refractivity contribution >= 4 is 23.2 Å². The van der Waals surface area contributed by atoms with Gasteiger partial charge in [0.25, 0.3) is 5.69 Å². The quantitative estimate of drug-likeness (QED) is 0.241. The summed E-state index contributed by atoms with van der Waals surface area (Å²) in [4.78, 5) is 43.0. The molecule has 3 aromatic rings. The molecule has 0 saturated heterocycles. The number of esters is 1. The predicted molar refractivity (Wildman–Crippen MR) is 139 cm³/mol. The van der Waals surface area contributed by atoms with Crippen molar-refractivity contribution in [1.29, 1.82) is 0 Å². The topological polar surface area (TPSA) is 98.9 Å². The van der Waals surface area contributed by atoms with Gasteiger partial charge >= 0.3 is 5.97 Å². The van der Waals surface area contributed by atoms with Crippen molar-refractivity contribution in [3.05, 3.63) is 123 Å². The highest BCUT2D eigenvalue weighted by Gasteiger charge is 2.45. The number of nitro benzene ring substituents is 1. The molecule has 7 nitrogen and oxygen atoms in total. The van der Waals surface area contributed by atoms with Crippen molar-refractivity contribution in [3.63, 3.8) is 0 Å². The van der Waals surface area contributed by atoms with Crippen LogP contribution in [-0.2, 0) is 20.9 Å². The van der Waals surface area contributed by atoms with Crippen LogP contribution in [0.25, 0.3) is 0 Å². The van der Waals surface area contributed by atoms with Crippen molar-refractivity contribution < 1.29 is 19.2 Å². The monoisotopic (exact) mass is 494 g/mol. The molecule has 0 fully saturated rings. The molecule has 1 heterocycles. The highest BCUT2D eigenvalue weighted by molar-refractivity contribution is 6.09. The number of rotatable bonds is 6. The van der Waals surface area contributed by atoms with Crippen molar-refractivity contribution in [1.82, 2.24) is 0 Å². The maximum absolute atomic E-state index is 13.7. The van der Waals surface area contributed by atoms with E-state index in [0.717, 1.165) is 11.1 Å². The lowest BCUT2D eigenvalue weighted by Gasteiger charge is -2.36. The van der Waals surface area contributed by atoms with Gasteiger partial charge in [-0.3, -0.25) is 24.7 Å². The molecule has 0 saturated carbocycles. The Balaban J connectivity index is 1.54. The van der Waals surface area contributed by atoms with Crippen molar-refractivity contribution in [2.75, 3.05) is 0 Å². The number of nitrogens with zero attached hydrogens (tertiary/aromatic N) is 2. The first-order chi connectivity index (χ1) is 17.9. The van der Waals surface area contributed by atoms with E-state index in [1.54, 1.807) is 19.1 Å². The second-order valence-corrected chi connectivity index (χ2v) is 9.45. The Morgan fingerprint density at radius 3 is 2.35 bits per heavy atom. The van der Waals surface area contributed by atoms with Crippen LogP contribution in [0.3, 0.4) is 0 Å². The summed E-state index contributed by atoms with van der Waals surface area (Å²) in [5.74, 6) is -2.19. The number of hydrogen-bond acceptors (Lipinski definition) is 6. The molecule has 1 unspecified atom stereocenters.